The van der Waals surface area contributed by atoms with Gasteiger partial charge in [0.15, 0.2) is 0 Å². The Bertz CT molecular complexity index is 559. The lowest BCUT2D eigenvalue weighted by atomic mass is 9.79. The molecule has 1 saturated carbocycles. The van der Waals surface area contributed by atoms with Crippen molar-refractivity contribution in [1.29, 1.82) is 0 Å². The van der Waals surface area contributed by atoms with Gasteiger partial charge in [-0.3, -0.25) is 4.79 Å². The molecule has 1 saturated heterocycles. The van der Waals surface area contributed by atoms with Crippen LogP contribution in [0.5, 0.6) is 0 Å². The van der Waals surface area contributed by atoms with Crippen molar-refractivity contribution in [3.05, 3.63) is 29.8 Å². The zero-order valence-corrected chi connectivity index (χ0v) is 14.4. The number of ether oxygens (including phenoxy) is 1. The van der Waals surface area contributed by atoms with E-state index in [2.05, 4.69) is 27.7 Å². The average molecular weight is 316 g/mol. The van der Waals surface area contributed by atoms with Crippen molar-refractivity contribution in [2.45, 2.75) is 58.2 Å². The van der Waals surface area contributed by atoms with Crippen LogP contribution in [-0.4, -0.2) is 30.9 Å². The third-order valence-electron chi connectivity index (χ3n) is 5.05. The van der Waals surface area contributed by atoms with Crippen LogP contribution < -0.4 is 5.46 Å². The molecule has 4 nitrogen and oxygen atoms in total. The molecule has 0 atom stereocenters. The lowest BCUT2D eigenvalue weighted by molar-refractivity contribution is -0.145. The summed E-state index contributed by atoms with van der Waals surface area (Å²) in [7, 11) is -0.332. The molecule has 0 unspecified atom stereocenters. The van der Waals surface area contributed by atoms with Crippen LogP contribution in [0.3, 0.4) is 0 Å². The van der Waals surface area contributed by atoms with Gasteiger partial charge in [-0.25, -0.2) is 0 Å². The first-order valence-corrected chi connectivity index (χ1v) is 8.40. The lowest BCUT2D eigenvalue weighted by Crippen LogP contribution is -2.41. The molecule has 5 heteroatoms. The molecule has 3 rings (SSSR count). The molecule has 0 spiro atoms. The first kappa shape index (κ1) is 16.5. The molecule has 124 valence electrons. The summed E-state index contributed by atoms with van der Waals surface area (Å²) in [5.41, 5.74) is 1.51. The molecule has 0 amide bonds. The summed E-state index contributed by atoms with van der Waals surface area (Å²) in [6.45, 7) is 8.65. The van der Waals surface area contributed by atoms with Crippen LogP contribution in [0.25, 0.3) is 0 Å². The van der Waals surface area contributed by atoms with Crippen LogP contribution in [0.15, 0.2) is 24.3 Å². The van der Waals surface area contributed by atoms with E-state index in [4.69, 9.17) is 14.0 Å². The van der Waals surface area contributed by atoms with E-state index < -0.39 is 0 Å². The second-order valence-corrected chi connectivity index (χ2v) is 7.52. The van der Waals surface area contributed by atoms with Gasteiger partial charge in [0.25, 0.3) is 0 Å². The first-order valence-electron chi connectivity index (χ1n) is 8.40. The Labute approximate surface area is 138 Å². The highest BCUT2D eigenvalue weighted by Crippen LogP contribution is 2.36. The Kier molecular flexibility index (Phi) is 4.28. The molecule has 1 aromatic rings. The Morgan fingerprint density at radius 2 is 1.70 bits per heavy atom. The average Bonchev–Trinajstić information content (AvgIpc) is 3.28. The van der Waals surface area contributed by atoms with Crippen LogP contribution in [0.1, 0.15) is 46.1 Å². The molecular weight excluding hydrogens is 291 g/mol. The third kappa shape index (κ3) is 3.61. The van der Waals surface area contributed by atoms with Crippen molar-refractivity contribution in [3.63, 3.8) is 0 Å². The normalized spacial score (nSPS) is 22.2. The standard InChI is InChI=1S/C18H25BO4/c1-17(2)18(3,4)23-19(22-17)15-9-5-13(6-10-15)11-12-21-16(20)14-7-8-14/h5-6,9-10,14H,7-8,11-12H2,1-4H3. The number of carbonyl (C=O) groups excluding carboxylic acids is 1. The second-order valence-electron chi connectivity index (χ2n) is 7.52. The number of hydrogen-bond acceptors (Lipinski definition) is 4. The molecule has 0 aromatic heterocycles. The van der Waals surface area contributed by atoms with E-state index in [1.54, 1.807) is 0 Å². The van der Waals surface area contributed by atoms with Crippen molar-refractivity contribution in [3.8, 4) is 0 Å². The van der Waals surface area contributed by atoms with Gasteiger partial charge in [-0.05, 0) is 51.6 Å². The van der Waals surface area contributed by atoms with E-state index in [0.717, 1.165) is 30.3 Å². The first-order chi connectivity index (χ1) is 10.8. The third-order valence-corrected chi connectivity index (χ3v) is 5.05. The van der Waals surface area contributed by atoms with Gasteiger partial charge in [0.1, 0.15) is 0 Å². The maximum absolute atomic E-state index is 11.5. The fourth-order valence-electron chi connectivity index (χ4n) is 2.53. The van der Waals surface area contributed by atoms with Gasteiger partial charge in [-0.2, -0.15) is 0 Å². The van der Waals surface area contributed by atoms with Crippen LogP contribution >= 0.6 is 0 Å². The summed E-state index contributed by atoms with van der Waals surface area (Å²) in [4.78, 5) is 11.5. The number of hydrogen-bond donors (Lipinski definition) is 0. The fraction of sp³-hybridized carbons (Fsp3) is 0.611. The highest BCUT2D eigenvalue weighted by molar-refractivity contribution is 6.62. The molecule has 23 heavy (non-hydrogen) atoms. The van der Waals surface area contributed by atoms with Crippen LogP contribution in [0, 0.1) is 5.92 Å². The van der Waals surface area contributed by atoms with E-state index in [1.165, 1.54) is 0 Å². The maximum Gasteiger partial charge on any atom is 0.494 e. The largest absolute Gasteiger partial charge is 0.494 e. The topological polar surface area (TPSA) is 44.8 Å². The summed E-state index contributed by atoms with van der Waals surface area (Å²) in [6.07, 6.45) is 2.71. The molecule has 2 fully saturated rings. The van der Waals surface area contributed by atoms with Crippen molar-refractivity contribution in [2.24, 2.45) is 5.92 Å². The van der Waals surface area contributed by atoms with Crippen LogP contribution in [-0.2, 0) is 25.3 Å². The molecule has 1 aromatic carbocycles. The summed E-state index contributed by atoms with van der Waals surface area (Å²) in [5, 5.41) is 0. The monoisotopic (exact) mass is 316 g/mol. The van der Waals surface area contributed by atoms with Gasteiger partial charge < -0.3 is 14.0 Å². The highest BCUT2D eigenvalue weighted by atomic mass is 16.7. The highest BCUT2D eigenvalue weighted by Gasteiger charge is 2.51. The van der Waals surface area contributed by atoms with Gasteiger partial charge in [0, 0.05) is 6.42 Å². The lowest BCUT2D eigenvalue weighted by Gasteiger charge is -2.32. The Hall–Kier alpha value is -1.33. The molecule has 2 aliphatic rings. The predicted octanol–water partition coefficient (Wildman–Crippen LogP) is 2.48. The molecule has 0 radical (unpaired) electrons. The molecular formula is C18H25BO4. The smallest absolute Gasteiger partial charge is 0.465 e. The molecule has 1 aliphatic carbocycles. The Balaban J connectivity index is 1.54. The Morgan fingerprint density at radius 1 is 1.13 bits per heavy atom. The van der Waals surface area contributed by atoms with Gasteiger partial charge in [0.2, 0.25) is 0 Å². The van der Waals surface area contributed by atoms with Crippen molar-refractivity contribution in [1.82, 2.24) is 0 Å². The van der Waals surface area contributed by atoms with Crippen LogP contribution in [0.4, 0.5) is 0 Å². The molecule has 0 N–H and O–H groups in total. The second kappa shape index (κ2) is 5.95. The van der Waals surface area contributed by atoms with Crippen molar-refractivity contribution >= 4 is 18.6 Å². The van der Waals surface area contributed by atoms with E-state index in [-0.39, 0.29) is 30.2 Å². The minimum atomic E-state index is -0.332. The van der Waals surface area contributed by atoms with E-state index in [0.29, 0.717) is 6.61 Å². The van der Waals surface area contributed by atoms with E-state index in [1.807, 2.05) is 24.3 Å². The summed E-state index contributed by atoms with van der Waals surface area (Å²) in [5.74, 6) is 0.125. The van der Waals surface area contributed by atoms with Gasteiger partial charge in [-0.15, -0.1) is 0 Å². The number of esters is 1. The minimum Gasteiger partial charge on any atom is -0.465 e. The summed E-state index contributed by atoms with van der Waals surface area (Å²) >= 11 is 0. The summed E-state index contributed by atoms with van der Waals surface area (Å²) in [6, 6.07) is 8.15. The minimum absolute atomic E-state index is 0.0427. The van der Waals surface area contributed by atoms with Gasteiger partial charge in [0.05, 0.1) is 23.7 Å². The number of rotatable bonds is 5. The van der Waals surface area contributed by atoms with E-state index in [9.17, 15) is 4.79 Å². The summed E-state index contributed by atoms with van der Waals surface area (Å²) < 4.78 is 17.4. The van der Waals surface area contributed by atoms with Crippen molar-refractivity contribution < 1.29 is 18.8 Å². The zero-order valence-electron chi connectivity index (χ0n) is 14.4. The number of carbonyl (C=O) groups is 1. The predicted molar refractivity (Wildman–Crippen MR) is 89.5 cm³/mol. The van der Waals surface area contributed by atoms with Crippen molar-refractivity contribution in [2.75, 3.05) is 6.61 Å². The molecule has 1 aliphatic heterocycles. The zero-order chi connectivity index (χ0) is 16.7. The van der Waals surface area contributed by atoms with Crippen LogP contribution in [0.2, 0.25) is 0 Å². The van der Waals surface area contributed by atoms with Gasteiger partial charge >= 0.3 is 13.1 Å². The molecule has 0 bridgehead atoms. The fourth-order valence-corrected chi connectivity index (χ4v) is 2.53. The maximum atomic E-state index is 11.5. The Morgan fingerprint density at radius 3 is 2.22 bits per heavy atom. The molecule has 1 heterocycles. The van der Waals surface area contributed by atoms with E-state index >= 15 is 0 Å². The quantitative estimate of drug-likeness (QED) is 0.618. The SMILES string of the molecule is CC1(C)OB(c2ccc(CCOC(=O)C3CC3)cc2)OC1(C)C. The van der Waals surface area contributed by atoms with Gasteiger partial charge in [-0.1, -0.05) is 24.3 Å². The number of benzene rings is 1.